The monoisotopic (exact) mass is 323 g/mol. The average Bonchev–Trinajstić information content (AvgIpc) is 2.51. The Balaban J connectivity index is 2.32. The number of carbonyl (C=O) groups is 2. The summed E-state index contributed by atoms with van der Waals surface area (Å²) in [5, 5.41) is 10.5. The molecular formula is C16H21NO6. The first-order valence-electron chi connectivity index (χ1n) is 7.50. The smallest absolute Gasteiger partial charge is 0.316 e. The van der Waals surface area contributed by atoms with Gasteiger partial charge in [-0.15, -0.1) is 0 Å². The highest BCUT2D eigenvalue weighted by Crippen LogP contribution is 2.18. The van der Waals surface area contributed by atoms with E-state index >= 15 is 0 Å². The maximum atomic E-state index is 11.6. The van der Waals surface area contributed by atoms with Crippen molar-refractivity contribution in [2.45, 2.75) is 33.1 Å². The molecule has 0 aliphatic carbocycles. The number of benzene rings is 1. The molecule has 1 aromatic rings. The number of carbonyl (C=O) groups excluding carboxylic acids is 2. The van der Waals surface area contributed by atoms with E-state index in [1.54, 1.807) is 6.92 Å². The summed E-state index contributed by atoms with van der Waals surface area (Å²) in [6.45, 7) is 3.75. The minimum Gasteiger partial charge on any atom is -0.494 e. The van der Waals surface area contributed by atoms with Crippen molar-refractivity contribution < 1.29 is 24.0 Å². The third kappa shape index (κ3) is 6.46. The van der Waals surface area contributed by atoms with Gasteiger partial charge in [0.1, 0.15) is 17.5 Å². The van der Waals surface area contributed by atoms with E-state index in [0.717, 1.165) is 0 Å². The fraction of sp³-hybridized carbons (Fsp3) is 0.500. The number of non-ortho nitro benzene ring substituents is 1. The van der Waals surface area contributed by atoms with Crippen LogP contribution in [0.4, 0.5) is 5.69 Å². The number of nitrogens with zero attached hydrogens (tertiary/aromatic N) is 1. The van der Waals surface area contributed by atoms with Gasteiger partial charge in [-0.1, -0.05) is 0 Å². The highest BCUT2D eigenvalue weighted by molar-refractivity contribution is 5.97. The highest BCUT2D eigenvalue weighted by Gasteiger charge is 2.23. The Hall–Kier alpha value is -2.44. The van der Waals surface area contributed by atoms with Crippen molar-refractivity contribution in [1.82, 2.24) is 0 Å². The minimum absolute atomic E-state index is 0.0103. The SMILES string of the molecule is CCOC(=O)C(CCCCOc1ccc([N+](=O)[O-])cc1)C(C)=O. The molecule has 23 heavy (non-hydrogen) atoms. The molecular weight excluding hydrogens is 302 g/mol. The first-order valence-corrected chi connectivity index (χ1v) is 7.50. The summed E-state index contributed by atoms with van der Waals surface area (Å²) in [5.74, 6) is -0.838. The Morgan fingerprint density at radius 2 is 1.87 bits per heavy atom. The van der Waals surface area contributed by atoms with E-state index in [0.29, 0.717) is 31.6 Å². The van der Waals surface area contributed by atoms with E-state index in [1.165, 1.54) is 31.2 Å². The molecule has 7 heteroatoms. The van der Waals surface area contributed by atoms with Crippen LogP contribution < -0.4 is 4.74 Å². The lowest BCUT2D eigenvalue weighted by molar-refractivity contribution is -0.384. The molecule has 0 radical (unpaired) electrons. The summed E-state index contributed by atoms with van der Waals surface area (Å²) in [6, 6.07) is 5.83. The van der Waals surface area contributed by atoms with Crippen LogP contribution in [0.1, 0.15) is 33.1 Å². The Morgan fingerprint density at radius 3 is 2.39 bits per heavy atom. The largest absolute Gasteiger partial charge is 0.494 e. The number of rotatable bonds is 10. The van der Waals surface area contributed by atoms with E-state index in [1.807, 2.05) is 0 Å². The van der Waals surface area contributed by atoms with E-state index in [4.69, 9.17) is 9.47 Å². The molecule has 1 atom stereocenters. The van der Waals surface area contributed by atoms with E-state index in [2.05, 4.69) is 0 Å². The zero-order valence-corrected chi connectivity index (χ0v) is 13.3. The van der Waals surface area contributed by atoms with Gasteiger partial charge in [-0.25, -0.2) is 0 Å². The third-order valence-electron chi connectivity index (χ3n) is 3.27. The molecule has 0 aliphatic rings. The molecule has 1 rings (SSSR count). The first kappa shape index (κ1) is 18.6. The number of ether oxygens (including phenoxy) is 2. The lowest BCUT2D eigenvalue weighted by Crippen LogP contribution is -2.24. The predicted octanol–water partition coefficient (Wildman–Crippen LogP) is 2.91. The van der Waals surface area contributed by atoms with Gasteiger partial charge < -0.3 is 9.47 Å². The molecule has 0 saturated carbocycles. The van der Waals surface area contributed by atoms with E-state index in [-0.39, 0.29) is 18.1 Å². The second-order valence-corrected chi connectivity index (χ2v) is 5.01. The first-order chi connectivity index (χ1) is 11.0. The van der Waals surface area contributed by atoms with Crippen LogP contribution in [0, 0.1) is 16.0 Å². The van der Waals surface area contributed by atoms with Crippen LogP contribution in [0.3, 0.4) is 0 Å². The van der Waals surface area contributed by atoms with Gasteiger partial charge in [0.15, 0.2) is 0 Å². The molecule has 0 N–H and O–H groups in total. The molecule has 0 amide bonds. The number of ketones is 1. The van der Waals surface area contributed by atoms with Crippen LogP contribution in [-0.4, -0.2) is 29.9 Å². The van der Waals surface area contributed by atoms with Gasteiger partial charge in [0, 0.05) is 12.1 Å². The lowest BCUT2D eigenvalue weighted by Gasteiger charge is -2.12. The van der Waals surface area contributed by atoms with Crippen LogP contribution in [0.2, 0.25) is 0 Å². The van der Waals surface area contributed by atoms with Crippen molar-refractivity contribution in [2.75, 3.05) is 13.2 Å². The number of unbranched alkanes of at least 4 members (excludes halogenated alkanes) is 1. The summed E-state index contributed by atoms with van der Waals surface area (Å²) >= 11 is 0. The fourth-order valence-corrected chi connectivity index (χ4v) is 2.03. The molecule has 0 heterocycles. The van der Waals surface area contributed by atoms with E-state index < -0.39 is 16.8 Å². The molecule has 7 nitrogen and oxygen atoms in total. The Morgan fingerprint density at radius 1 is 1.22 bits per heavy atom. The molecule has 0 saturated heterocycles. The maximum absolute atomic E-state index is 11.6. The minimum atomic E-state index is -0.714. The number of Topliss-reactive ketones (excluding diaryl/α,β-unsaturated/α-hetero) is 1. The number of nitro groups is 1. The van der Waals surface area contributed by atoms with Gasteiger partial charge in [-0.3, -0.25) is 19.7 Å². The van der Waals surface area contributed by atoms with Gasteiger partial charge in [-0.05, 0) is 45.2 Å². The summed E-state index contributed by atoms with van der Waals surface area (Å²) in [5.41, 5.74) is 0.0103. The van der Waals surface area contributed by atoms with Gasteiger partial charge in [0.25, 0.3) is 5.69 Å². The molecule has 0 spiro atoms. The van der Waals surface area contributed by atoms with Crippen molar-refractivity contribution in [2.24, 2.45) is 5.92 Å². The lowest BCUT2D eigenvalue weighted by atomic mass is 9.98. The molecule has 126 valence electrons. The van der Waals surface area contributed by atoms with Gasteiger partial charge in [-0.2, -0.15) is 0 Å². The number of hydrogen-bond acceptors (Lipinski definition) is 6. The standard InChI is InChI=1S/C16H21NO6/c1-3-22-16(19)15(12(2)18)6-4-5-11-23-14-9-7-13(8-10-14)17(20)21/h7-10,15H,3-6,11H2,1-2H3. The van der Waals surface area contributed by atoms with Crippen LogP contribution in [0.5, 0.6) is 5.75 Å². The zero-order valence-electron chi connectivity index (χ0n) is 13.3. The van der Waals surface area contributed by atoms with Crippen molar-refractivity contribution in [3.8, 4) is 5.75 Å². The molecule has 0 fully saturated rings. The third-order valence-corrected chi connectivity index (χ3v) is 3.27. The summed E-state index contributed by atoms with van der Waals surface area (Å²) in [7, 11) is 0. The molecule has 1 unspecified atom stereocenters. The molecule has 1 aromatic carbocycles. The van der Waals surface area contributed by atoms with Crippen molar-refractivity contribution >= 4 is 17.4 Å². The second kappa shape index (κ2) is 9.55. The van der Waals surface area contributed by atoms with Gasteiger partial charge >= 0.3 is 5.97 Å². The van der Waals surface area contributed by atoms with E-state index in [9.17, 15) is 19.7 Å². The molecule has 0 aromatic heterocycles. The van der Waals surface area contributed by atoms with Crippen molar-refractivity contribution in [3.63, 3.8) is 0 Å². The normalized spacial score (nSPS) is 11.6. The number of hydrogen-bond donors (Lipinski definition) is 0. The second-order valence-electron chi connectivity index (χ2n) is 5.01. The highest BCUT2D eigenvalue weighted by atomic mass is 16.6. The molecule has 0 bridgehead atoms. The molecule has 0 aliphatic heterocycles. The topological polar surface area (TPSA) is 95.7 Å². The van der Waals surface area contributed by atoms with Crippen molar-refractivity contribution in [1.29, 1.82) is 0 Å². The zero-order chi connectivity index (χ0) is 17.2. The quantitative estimate of drug-likeness (QED) is 0.216. The Kier molecular flexibility index (Phi) is 7.73. The number of nitro benzene ring substituents is 1. The summed E-state index contributed by atoms with van der Waals surface area (Å²) in [6.07, 6.45) is 1.74. The van der Waals surface area contributed by atoms with Gasteiger partial charge in [0.05, 0.1) is 18.1 Å². The predicted molar refractivity (Wildman–Crippen MR) is 83.2 cm³/mol. The summed E-state index contributed by atoms with van der Waals surface area (Å²) < 4.78 is 10.3. The number of esters is 1. The summed E-state index contributed by atoms with van der Waals surface area (Å²) in [4.78, 5) is 33.1. The van der Waals surface area contributed by atoms with Crippen LogP contribution >= 0.6 is 0 Å². The fourth-order valence-electron chi connectivity index (χ4n) is 2.03. The maximum Gasteiger partial charge on any atom is 0.316 e. The van der Waals surface area contributed by atoms with Crippen LogP contribution in [-0.2, 0) is 14.3 Å². The average molecular weight is 323 g/mol. The van der Waals surface area contributed by atoms with Crippen molar-refractivity contribution in [3.05, 3.63) is 34.4 Å². The van der Waals surface area contributed by atoms with Gasteiger partial charge in [0.2, 0.25) is 0 Å². The Labute approximate surface area is 134 Å². The van der Waals surface area contributed by atoms with Crippen LogP contribution in [0.15, 0.2) is 24.3 Å². The Bertz CT molecular complexity index is 540. The van der Waals surface area contributed by atoms with Crippen LogP contribution in [0.25, 0.3) is 0 Å².